The lowest BCUT2D eigenvalue weighted by atomic mass is 9.96. The van der Waals surface area contributed by atoms with Gasteiger partial charge in [0.2, 0.25) is 5.91 Å². The van der Waals surface area contributed by atoms with Crippen LogP contribution in [-0.4, -0.2) is 33.9 Å². The van der Waals surface area contributed by atoms with Crippen LogP contribution in [0.4, 0.5) is 15.8 Å². The molecule has 0 spiro atoms. The molecule has 138 valence electrons. The van der Waals surface area contributed by atoms with Crippen molar-refractivity contribution in [1.82, 2.24) is 15.0 Å². The Kier molecular flexibility index (Phi) is 4.66. The molecular formula is C20H20FN5O. The number of aromatic nitrogens is 3. The minimum atomic E-state index is -0.304. The van der Waals surface area contributed by atoms with Crippen molar-refractivity contribution in [1.29, 1.82) is 0 Å². The maximum Gasteiger partial charge on any atom is 0.229 e. The molecule has 3 aromatic rings. The molecule has 1 amide bonds. The number of nitrogens with one attached hydrogen (secondary N) is 1. The molecule has 1 atom stereocenters. The van der Waals surface area contributed by atoms with Crippen LogP contribution in [0.5, 0.6) is 0 Å². The second-order valence-electron chi connectivity index (χ2n) is 6.83. The van der Waals surface area contributed by atoms with Crippen LogP contribution in [0.25, 0.3) is 11.2 Å². The summed E-state index contributed by atoms with van der Waals surface area (Å²) in [6, 6.07) is 6.34. The lowest BCUT2D eigenvalue weighted by Gasteiger charge is -2.33. The van der Waals surface area contributed by atoms with Crippen LogP contribution in [0.3, 0.4) is 0 Å². The van der Waals surface area contributed by atoms with E-state index in [1.807, 2.05) is 6.07 Å². The van der Waals surface area contributed by atoms with E-state index in [1.165, 1.54) is 12.1 Å². The highest BCUT2D eigenvalue weighted by Gasteiger charge is 2.26. The molecule has 2 aromatic heterocycles. The van der Waals surface area contributed by atoms with Gasteiger partial charge >= 0.3 is 0 Å². The van der Waals surface area contributed by atoms with Crippen molar-refractivity contribution in [2.45, 2.75) is 19.8 Å². The van der Waals surface area contributed by atoms with E-state index in [-0.39, 0.29) is 17.6 Å². The molecule has 0 saturated carbocycles. The second-order valence-corrected chi connectivity index (χ2v) is 6.83. The quantitative estimate of drug-likeness (QED) is 0.771. The lowest BCUT2D eigenvalue weighted by Crippen LogP contribution is -2.40. The molecule has 0 aliphatic carbocycles. The van der Waals surface area contributed by atoms with Crippen LogP contribution < -0.4 is 10.2 Å². The van der Waals surface area contributed by atoms with Gasteiger partial charge in [-0.05, 0) is 49.6 Å². The van der Waals surface area contributed by atoms with Gasteiger partial charge < -0.3 is 10.2 Å². The number of hydrogen-bond donors (Lipinski definition) is 1. The SMILES string of the molecule is Cc1cc(F)ccc1NC(=O)[C@H]1CCCN(c2cnc3nccnc3c2)C1. The highest BCUT2D eigenvalue weighted by atomic mass is 19.1. The molecule has 1 aromatic carbocycles. The van der Waals surface area contributed by atoms with Gasteiger partial charge in [0.1, 0.15) is 11.3 Å². The zero-order valence-corrected chi connectivity index (χ0v) is 15.0. The number of halogens is 1. The average Bonchev–Trinajstić information content (AvgIpc) is 2.70. The summed E-state index contributed by atoms with van der Waals surface area (Å²) in [4.78, 5) is 27.7. The fourth-order valence-corrected chi connectivity index (χ4v) is 3.45. The Morgan fingerprint density at radius 2 is 2.07 bits per heavy atom. The van der Waals surface area contributed by atoms with E-state index >= 15 is 0 Å². The molecule has 4 rings (SSSR count). The topological polar surface area (TPSA) is 71.0 Å². The van der Waals surface area contributed by atoms with Gasteiger partial charge in [-0.15, -0.1) is 0 Å². The molecule has 7 heteroatoms. The summed E-state index contributed by atoms with van der Waals surface area (Å²) in [5.74, 6) is -0.482. The van der Waals surface area contributed by atoms with Crippen molar-refractivity contribution in [3.8, 4) is 0 Å². The molecule has 1 fully saturated rings. The van der Waals surface area contributed by atoms with Gasteiger partial charge in [-0.3, -0.25) is 9.78 Å². The molecule has 1 saturated heterocycles. The molecule has 3 heterocycles. The number of amides is 1. The van der Waals surface area contributed by atoms with Crippen LogP contribution in [0.2, 0.25) is 0 Å². The normalized spacial score (nSPS) is 17.1. The molecule has 0 bridgehead atoms. The summed E-state index contributed by atoms with van der Waals surface area (Å²) >= 11 is 0. The molecule has 6 nitrogen and oxygen atoms in total. The number of piperidine rings is 1. The van der Waals surface area contributed by atoms with Crippen LogP contribution in [0, 0.1) is 18.7 Å². The minimum Gasteiger partial charge on any atom is -0.369 e. The summed E-state index contributed by atoms with van der Waals surface area (Å²) in [6.45, 7) is 3.26. The van der Waals surface area contributed by atoms with Crippen LogP contribution in [0.1, 0.15) is 18.4 Å². The first-order chi connectivity index (χ1) is 13.1. The molecule has 1 aliphatic heterocycles. The smallest absolute Gasteiger partial charge is 0.229 e. The monoisotopic (exact) mass is 365 g/mol. The summed E-state index contributed by atoms with van der Waals surface area (Å²) < 4.78 is 13.3. The average molecular weight is 365 g/mol. The Balaban J connectivity index is 1.49. The third-order valence-corrected chi connectivity index (χ3v) is 4.91. The summed E-state index contributed by atoms with van der Waals surface area (Å²) in [6.07, 6.45) is 6.78. The van der Waals surface area contributed by atoms with Crippen molar-refractivity contribution in [2.75, 3.05) is 23.3 Å². The highest BCUT2D eigenvalue weighted by molar-refractivity contribution is 5.93. The van der Waals surface area contributed by atoms with E-state index in [2.05, 4.69) is 25.2 Å². The van der Waals surface area contributed by atoms with E-state index in [4.69, 9.17) is 0 Å². The highest BCUT2D eigenvalue weighted by Crippen LogP contribution is 2.26. The van der Waals surface area contributed by atoms with Gasteiger partial charge in [0.25, 0.3) is 0 Å². The third-order valence-electron chi connectivity index (χ3n) is 4.91. The number of rotatable bonds is 3. The number of fused-ring (bicyclic) bond motifs is 1. The van der Waals surface area contributed by atoms with Gasteiger partial charge in [-0.1, -0.05) is 0 Å². The van der Waals surface area contributed by atoms with E-state index < -0.39 is 0 Å². The second kappa shape index (κ2) is 7.26. The van der Waals surface area contributed by atoms with Crippen LogP contribution in [0.15, 0.2) is 42.9 Å². The summed E-state index contributed by atoms with van der Waals surface area (Å²) in [5.41, 5.74) is 3.66. The van der Waals surface area contributed by atoms with E-state index in [0.29, 0.717) is 23.4 Å². The lowest BCUT2D eigenvalue weighted by molar-refractivity contribution is -0.120. The fourth-order valence-electron chi connectivity index (χ4n) is 3.45. The Hall–Kier alpha value is -3.09. The van der Waals surface area contributed by atoms with Gasteiger partial charge in [0, 0.05) is 31.2 Å². The number of anilines is 2. The molecule has 1 N–H and O–H groups in total. The van der Waals surface area contributed by atoms with Gasteiger partial charge in [0.05, 0.1) is 17.8 Å². The number of aryl methyl sites for hydroxylation is 1. The number of carbonyl (C=O) groups excluding carboxylic acids is 1. The van der Waals surface area contributed by atoms with Crippen LogP contribution in [-0.2, 0) is 4.79 Å². The van der Waals surface area contributed by atoms with Gasteiger partial charge in [-0.2, -0.15) is 0 Å². The Labute approximate surface area is 156 Å². The first-order valence-corrected chi connectivity index (χ1v) is 8.99. The standard InChI is InChI=1S/C20H20FN5O/c1-13-9-15(21)4-5-17(13)25-20(27)14-3-2-8-26(12-14)16-10-18-19(24-11-16)23-7-6-22-18/h4-7,9-11,14H,2-3,8,12H2,1H3,(H,25,27)/t14-/m0/s1. The first kappa shape index (κ1) is 17.3. The maximum atomic E-state index is 13.3. The first-order valence-electron chi connectivity index (χ1n) is 8.99. The van der Waals surface area contributed by atoms with Crippen molar-refractivity contribution in [2.24, 2.45) is 5.92 Å². The van der Waals surface area contributed by atoms with Crippen LogP contribution >= 0.6 is 0 Å². The predicted molar refractivity (Wildman–Crippen MR) is 102 cm³/mol. The predicted octanol–water partition coefficient (Wildman–Crippen LogP) is 3.33. The van der Waals surface area contributed by atoms with Crippen molar-refractivity contribution in [3.63, 3.8) is 0 Å². The summed E-state index contributed by atoms with van der Waals surface area (Å²) in [5, 5.41) is 2.94. The largest absolute Gasteiger partial charge is 0.369 e. The molecule has 27 heavy (non-hydrogen) atoms. The minimum absolute atomic E-state index is 0.0389. The Morgan fingerprint density at radius 1 is 1.22 bits per heavy atom. The third kappa shape index (κ3) is 3.72. The Bertz CT molecular complexity index is 993. The van der Waals surface area contributed by atoms with Crippen molar-refractivity contribution < 1.29 is 9.18 Å². The number of hydrogen-bond acceptors (Lipinski definition) is 5. The zero-order valence-electron chi connectivity index (χ0n) is 15.0. The number of carbonyl (C=O) groups is 1. The molecular weight excluding hydrogens is 345 g/mol. The van der Waals surface area contributed by atoms with E-state index in [9.17, 15) is 9.18 Å². The molecule has 0 unspecified atom stereocenters. The van der Waals surface area contributed by atoms with E-state index in [0.717, 1.165) is 30.6 Å². The molecule has 0 radical (unpaired) electrons. The van der Waals surface area contributed by atoms with Gasteiger partial charge in [0.15, 0.2) is 5.65 Å². The fraction of sp³-hybridized carbons (Fsp3) is 0.300. The molecule has 1 aliphatic rings. The van der Waals surface area contributed by atoms with Gasteiger partial charge in [-0.25, -0.2) is 14.4 Å². The Morgan fingerprint density at radius 3 is 2.93 bits per heavy atom. The summed E-state index contributed by atoms with van der Waals surface area (Å²) in [7, 11) is 0. The van der Waals surface area contributed by atoms with E-state index in [1.54, 1.807) is 31.6 Å². The zero-order chi connectivity index (χ0) is 18.8. The maximum absolute atomic E-state index is 13.3. The number of benzene rings is 1. The van der Waals surface area contributed by atoms with Crippen molar-refractivity contribution >= 4 is 28.4 Å². The number of nitrogens with zero attached hydrogens (tertiary/aromatic N) is 4. The van der Waals surface area contributed by atoms with Crippen molar-refractivity contribution in [3.05, 3.63) is 54.2 Å². The number of pyridine rings is 1.